The van der Waals surface area contributed by atoms with Crippen molar-refractivity contribution in [2.45, 2.75) is 6.92 Å². The summed E-state index contributed by atoms with van der Waals surface area (Å²) in [5, 5.41) is 1.33. The van der Waals surface area contributed by atoms with Crippen molar-refractivity contribution in [3.8, 4) is 0 Å². The molecule has 16 heavy (non-hydrogen) atoms. The average Bonchev–Trinajstić information content (AvgIpc) is 2.30. The van der Waals surface area contributed by atoms with E-state index in [1.54, 1.807) is 0 Å². The van der Waals surface area contributed by atoms with Crippen LogP contribution >= 0.6 is 0 Å². The molecule has 0 fully saturated rings. The molecule has 0 radical (unpaired) electrons. The van der Waals surface area contributed by atoms with E-state index >= 15 is 0 Å². The van der Waals surface area contributed by atoms with Gasteiger partial charge in [0.25, 0.3) is 30.0 Å². The van der Waals surface area contributed by atoms with Gasteiger partial charge in [-0.3, -0.25) is 0 Å². The van der Waals surface area contributed by atoms with Crippen LogP contribution in [0.25, 0.3) is 0 Å². The van der Waals surface area contributed by atoms with Crippen LogP contribution in [0.15, 0.2) is 24.3 Å². The average molecular weight is 307 g/mol. The summed E-state index contributed by atoms with van der Waals surface area (Å²) in [6.07, 6.45) is 0. The van der Waals surface area contributed by atoms with Gasteiger partial charge in [-0.25, -0.2) is 0 Å². The Hall–Kier alpha value is 0.144. The van der Waals surface area contributed by atoms with Crippen molar-refractivity contribution in [3.05, 3.63) is 29.8 Å². The van der Waals surface area contributed by atoms with E-state index in [-0.39, 0.29) is 0 Å². The first-order valence-corrected chi connectivity index (χ1v) is 10.7. The maximum absolute atomic E-state index is 5.63. The lowest BCUT2D eigenvalue weighted by Gasteiger charge is -2.06. The van der Waals surface area contributed by atoms with E-state index in [0.717, 1.165) is 10.5 Å². The van der Waals surface area contributed by atoms with Crippen LogP contribution in [0.5, 0.6) is 0 Å². The summed E-state index contributed by atoms with van der Waals surface area (Å²) in [5.74, 6) is 0. The molecule has 4 nitrogen and oxygen atoms in total. The van der Waals surface area contributed by atoms with Crippen molar-refractivity contribution in [3.63, 3.8) is 0 Å². The van der Waals surface area contributed by atoms with E-state index in [0.29, 0.717) is 0 Å². The van der Waals surface area contributed by atoms with Gasteiger partial charge in [0, 0.05) is 0 Å². The minimum Gasteiger partial charge on any atom is -0.449 e. The summed E-state index contributed by atoms with van der Waals surface area (Å²) in [6.45, 7) is 2.09. The molecule has 1 rings (SSSR count). The fourth-order valence-corrected chi connectivity index (χ4v) is 8.59. The third kappa shape index (κ3) is 6.67. The minimum absolute atomic E-state index is 0.577. The van der Waals surface area contributed by atoms with E-state index in [1.165, 1.54) is 10.8 Å². The Balaban J connectivity index is 2.01. The summed E-state index contributed by atoms with van der Waals surface area (Å²) in [5.41, 5.74) is 1.29. The van der Waals surface area contributed by atoms with Gasteiger partial charge < -0.3 is 16.5 Å². The Bertz CT molecular complexity index is 283. The van der Waals surface area contributed by atoms with E-state index in [9.17, 15) is 0 Å². The molecule has 0 atom stereocenters. The normalized spacial score (nSPS) is 13.8. The Morgan fingerprint density at radius 3 is 2.25 bits per heavy atom. The monoisotopic (exact) mass is 306 g/mol. The van der Waals surface area contributed by atoms with Crippen molar-refractivity contribution in [2.75, 3.05) is 0 Å². The SMILES string of the molecule is Cc1ccc([SiH2]O[SiH2]O[SiH2]O[SiH2]O[SiH3])cc1. The Morgan fingerprint density at radius 1 is 0.938 bits per heavy atom. The zero-order valence-electron chi connectivity index (χ0n) is 9.77. The van der Waals surface area contributed by atoms with E-state index < -0.39 is 39.8 Å². The molecular formula is C7H18O4Si5. The van der Waals surface area contributed by atoms with Crippen LogP contribution in [0.2, 0.25) is 0 Å². The zero-order chi connectivity index (χ0) is 11.6. The van der Waals surface area contributed by atoms with Crippen molar-refractivity contribution in [1.29, 1.82) is 0 Å². The van der Waals surface area contributed by atoms with Gasteiger partial charge in [0.1, 0.15) is 10.5 Å². The quantitative estimate of drug-likeness (QED) is 0.363. The third-order valence-electron chi connectivity index (χ3n) is 1.92. The number of rotatable bonds is 8. The van der Waals surface area contributed by atoms with Crippen LogP contribution in [0, 0.1) is 6.92 Å². The van der Waals surface area contributed by atoms with Crippen molar-refractivity contribution >= 4 is 55.5 Å². The van der Waals surface area contributed by atoms with Crippen LogP contribution in [-0.2, 0) is 16.5 Å². The highest BCUT2D eigenvalue weighted by molar-refractivity contribution is 6.54. The zero-order valence-corrected chi connectivity index (χ0v) is 17.4. The van der Waals surface area contributed by atoms with E-state index in [4.69, 9.17) is 16.5 Å². The smallest absolute Gasteiger partial charge is 0.286 e. The molecule has 0 bridgehead atoms. The lowest BCUT2D eigenvalue weighted by Crippen LogP contribution is -2.22. The van der Waals surface area contributed by atoms with Crippen LogP contribution in [-0.4, -0.2) is 50.3 Å². The van der Waals surface area contributed by atoms with Gasteiger partial charge in [0.15, 0.2) is 9.76 Å². The van der Waals surface area contributed by atoms with Gasteiger partial charge in [0.05, 0.1) is 0 Å². The molecule has 1 aromatic rings. The molecule has 0 spiro atoms. The maximum Gasteiger partial charge on any atom is 0.286 e. The summed E-state index contributed by atoms with van der Waals surface area (Å²) in [6, 6.07) is 8.54. The first-order chi connectivity index (χ1) is 7.83. The largest absolute Gasteiger partial charge is 0.449 e. The molecule has 0 aromatic heterocycles. The third-order valence-corrected chi connectivity index (χ3v) is 7.82. The first-order valence-electron chi connectivity index (χ1n) is 5.10. The van der Waals surface area contributed by atoms with E-state index in [2.05, 4.69) is 31.2 Å². The number of benzene rings is 1. The van der Waals surface area contributed by atoms with Gasteiger partial charge in [-0.2, -0.15) is 0 Å². The molecule has 0 unspecified atom stereocenters. The summed E-state index contributed by atoms with van der Waals surface area (Å²) in [4.78, 5) is 0. The lowest BCUT2D eigenvalue weighted by atomic mass is 10.2. The van der Waals surface area contributed by atoms with Gasteiger partial charge >= 0.3 is 0 Å². The lowest BCUT2D eigenvalue weighted by molar-refractivity contribution is 0.408. The highest BCUT2D eigenvalue weighted by Crippen LogP contribution is 1.91. The maximum atomic E-state index is 5.63. The van der Waals surface area contributed by atoms with Gasteiger partial charge in [-0.1, -0.05) is 29.8 Å². The molecule has 0 N–H and O–H groups in total. The summed E-state index contributed by atoms with van der Waals surface area (Å²) in [7, 11) is -2.07. The molecule has 90 valence electrons. The molecule has 9 heteroatoms. The molecule has 0 aliphatic rings. The minimum atomic E-state index is -0.794. The second-order valence-electron chi connectivity index (χ2n) is 3.38. The van der Waals surface area contributed by atoms with Gasteiger partial charge in [-0.05, 0) is 12.1 Å². The fourth-order valence-electron chi connectivity index (χ4n) is 1.11. The second-order valence-corrected chi connectivity index (χ2v) is 12.4. The van der Waals surface area contributed by atoms with Crippen LogP contribution in [0.3, 0.4) is 0 Å². The number of hydrogen-bond donors (Lipinski definition) is 0. The Morgan fingerprint density at radius 2 is 1.56 bits per heavy atom. The van der Waals surface area contributed by atoms with Gasteiger partial charge in [-0.15, -0.1) is 0 Å². The molecule has 0 aliphatic carbocycles. The van der Waals surface area contributed by atoms with Crippen LogP contribution < -0.4 is 5.19 Å². The van der Waals surface area contributed by atoms with Gasteiger partial charge in [0.2, 0.25) is 0 Å². The summed E-state index contributed by atoms with van der Waals surface area (Å²) >= 11 is 0. The van der Waals surface area contributed by atoms with Crippen LogP contribution in [0.4, 0.5) is 0 Å². The van der Waals surface area contributed by atoms with Crippen molar-refractivity contribution in [1.82, 2.24) is 0 Å². The van der Waals surface area contributed by atoms with E-state index in [1.807, 2.05) is 0 Å². The standard InChI is InChI=1S/C7H18O4Si5/c1-6-2-4-7(5-3-6)13-9-15-11-16-10-14-8-12/h2-5H,13-16H2,1,12H3. The highest BCUT2D eigenvalue weighted by atomic mass is 28.4. The molecule has 0 saturated heterocycles. The van der Waals surface area contributed by atoms with Crippen molar-refractivity contribution in [2.24, 2.45) is 0 Å². The number of aryl methyl sites for hydroxylation is 1. The predicted molar refractivity (Wildman–Crippen MR) is 79.3 cm³/mol. The molecule has 0 heterocycles. The Kier molecular flexibility index (Phi) is 8.17. The molecule has 0 saturated carbocycles. The molecule has 0 amide bonds. The predicted octanol–water partition coefficient (Wildman–Crippen LogP) is -3.95. The molecule has 1 aromatic carbocycles. The van der Waals surface area contributed by atoms with Crippen molar-refractivity contribution < 1.29 is 16.5 Å². The summed E-state index contributed by atoms with van der Waals surface area (Å²) < 4.78 is 21.4. The molecular weight excluding hydrogens is 289 g/mol. The van der Waals surface area contributed by atoms with Crippen LogP contribution in [0.1, 0.15) is 5.56 Å². The Labute approximate surface area is 109 Å². The topological polar surface area (TPSA) is 36.9 Å². The highest BCUT2D eigenvalue weighted by Gasteiger charge is 1.95. The first kappa shape index (κ1) is 14.2. The number of hydrogen-bond acceptors (Lipinski definition) is 4. The second kappa shape index (κ2) is 9.20. The molecule has 0 aliphatic heterocycles. The fraction of sp³-hybridized carbons (Fsp3) is 0.143.